The van der Waals surface area contributed by atoms with Gasteiger partial charge in [0.2, 0.25) is 11.8 Å². The Morgan fingerprint density at radius 2 is 0.750 bits per heavy atom. The van der Waals surface area contributed by atoms with Crippen LogP contribution in [0.25, 0.3) is 12.2 Å². The highest BCUT2D eigenvalue weighted by Gasteiger charge is 2.03. The molecule has 4 N–H and O–H groups in total. The topological polar surface area (TPSA) is 90.0 Å². The molecule has 5 rings (SSSR count). The Bertz CT molecular complexity index is 1630. The normalized spacial score (nSPS) is 11.0. The van der Waals surface area contributed by atoms with Gasteiger partial charge in [0.1, 0.15) is 14.1 Å². The highest BCUT2D eigenvalue weighted by atomic mass is 16.2. The van der Waals surface area contributed by atoms with E-state index in [-0.39, 0.29) is 11.8 Å². The van der Waals surface area contributed by atoms with E-state index < -0.39 is 0 Å². The van der Waals surface area contributed by atoms with Gasteiger partial charge in [0, 0.05) is 59.2 Å². The summed E-state index contributed by atoms with van der Waals surface area (Å²) >= 11 is 0. The largest absolute Gasteiger partial charge is 0.355 e. The molecule has 0 unspecified atom stereocenters. The number of anilines is 6. The molecular formula is C36H34N6O2+2. The quantitative estimate of drug-likeness (QED) is 0.118. The van der Waals surface area contributed by atoms with E-state index in [1.165, 1.54) is 12.2 Å². The van der Waals surface area contributed by atoms with Crippen molar-refractivity contribution < 1.29 is 18.7 Å². The summed E-state index contributed by atoms with van der Waals surface area (Å²) in [5.74, 6) is -0.444. The second kappa shape index (κ2) is 14.2. The number of rotatable bonds is 10. The van der Waals surface area contributed by atoms with E-state index in [0.29, 0.717) is 11.4 Å². The van der Waals surface area contributed by atoms with Crippen molar-refractivity contribution in [3.8, 4) is 0 Å². The van der Waals surface area contributed by atoms with Gasteiger partial charge in [-0.2, -0.15) is 0 Å². The zero-order valence-corrected chi connectivity index (χ0v) is 24.6. The number of carbonyl (C=O) groups excluding carboxylic acids is 2. The Morgan fingerprint density at radius 1 is 0.455 bits per heavy atom. The van der Waals surface area contributed by atoms with Crippen LogP contribution in [0.1, 0.15) is 11.1 Å². The molecule has 2 amide bonds. The molecule has 44 heavy (non-hydrogen) atoms. The summed E-state index contributed by atoms with van der Waals surface area (Å²) in [5, 5.41) is 12.4. The third-order valence-electron chi connectivity index (χ3n) is 6.63. The van der Waals surface area contributed by atoms with E-state index in [4.69, 9.17) is 0 Å². The molecule has 8 heteroatoms. The summed E-state index contributed by atoms with van der Waals surface area (Å²) in [4.78, 5) is 24.8. The van der Waals surface area contributed by atoms with Gasteiger partial charge >= 0.3 is 0 Å². The minimum atomic E-state index is -0.222. The van der Waals surface area contributed by atoms with E-state index in [9.17, 15) is 9.59 Å². The van der Waals surface area contributed by atoms with Crippen molar-refractivity contribution in [3.05, 3.63) is 145 Å². The summed E-state index contributed by atoms with van der Waals surface area (Å²) in [6.45, 7) is 0. The van der Waals surface area contributed by atoms with E-state index in [2.05, 4.69) is 21.3 Å². The second-order valence-electron chi connectivity index (χ2n) is 10.2. The molecular weight excluding hydrogens is 548 g/mol. The zero-order chi connectivity index (χ0) is 30.7. The first kappa shape index (κ1) is 29.5. The number of hydrogen-bond acceptors (Lipinski definition) is 4. The first-order chi connectivity index (χ1) is 21.4. The van der Waals surface area contributed by atoms with Crippen molar-refractivity contribution in [2.24, 2.45) is 14.1 Å². The average molecular weight is 583 g/mol. The predicted molar refractivity (Wildman–Crippen MR) is 176 cm³/mol. The number of nitrogens with zero attached hydrogens (tertiary/aromatic N) is 2. The summed E-state index contributed by atoms with van der Waals surface area (Å²) < 4.78 is 3.94. The summed E-state index contributed by atoms with van der Waals surface area (Å²) in [6, 6.07) is 30.6. The van der Waals surface area contributed by atoms with Gasteiger partial charge in [-0.1, -0.05) is 24.3 Å². The fourth-order valence-corrected chi connectivity index (χ4v) is 4.21. The molecule has 218 valence electrons. The molecule has 0 radical (unpaired) electrons. The van der Waals surface area contributed by atoms with Crippen LogP contribution in [-0.4, -0.2) is 11.8 Å². The molecule has 0 fully saturated rings. The number of benzene rings is 3. The van der Waals surface area contributed by atoms with Crippen LogP contribution in [0.4, 0.5) is 34.1 Å². The van der Waals surface area contributed by atoms with Gasteiger partial charge in [-0.05, 0) is 71.8 Å². The monoisotopic (exact) mass is 582 g/mol. The Hall–Kier alpha value is -6.02. The lowest BCUT2D eigenvalue weighted by atomic mass is 10.1. The molecule has 5 aromatic rings. The molecule has 0 aliphatic rings. The number of hydrogen-bond donors (Lipinski definition) is 4. The molecule has 0 saturated heterocycles. The Balaban J connectivity index is 1.06. The fourth-order valence-electron chi connectivity index (χ4n) is 4.21. The first-order valence-corrected chi connectivity index (χ1v) is 14.1. The Morgan fingerprint density at radius 3 is 1.09 bits per heavy atom. The van der Waals surface area contributed by atoms with E-state index in [1.807, 2.05) is 145 Å². The maximum absolute atomic E-state index is 12.4. The SMILES string of the molecule is C[n+]1ccc(Nc2ccc(NC(=O)/C=C/c3ccc(/C=C/C(=O)Nc4ccc(Nc5cc[n+](C)cc5)cc4)cc3)cc2)cc1. The lowest BCUT2D eigenvalue weighted by molar-refractivity contribution is -0.671. The average Bonchev–Trinajstić information content (AvgIpc) is 3.04. The van der Waals surface area contributed by atoms with Crippen molar-refractivity contribution in [2.45, 2.75) is 0 Å². The first-order valence-electron chi connectivity index (χ1n) is 14.1. The highest BCUT2D eigenvalue weighted by Crippen LogP contribution is 2.19. The Kier molecular flexibility index (Phi) is 9.54. The maximum Gasteiger partial charge on any atom is 0.248 e. The number of aryl methyl sites for hydroxylation is 2. The number of aromatic nitrogens is 2. The van der Waals surface area contributed by atoms with E-state index >= 15 is 0 Å². The van der Waals surface area contributed by atoms with Gasteiger partial charge in [-0.15, -0.1) is 0 Å². The minimum absolute atomic E-state index is 0.222. The maximum atomic E-state index is 12.4. The second-order valence-corrected chi connectivity index (χ2v) is 10.2. The van der Waals surface area contributed by atoms with Crippen molar-refractivity contribution in [1.82, 2.24) is 0 Å². The standard InChI is InChI=1S/C36H32N6O2/c1-41-23-19-33(20-24-41)37-29-9-13-31(14-10-29)39-35(43)17-7-27-3-5-28(6-4-27)8-18-36(44)40-32-15-11-30(12-16-32)38-34-21-25-42(2)26-22-34/h3-26H,1-2H3,(H2,39,40,43,44)/p+2/b17-7+,18-8+. The van der Waals surface area contributed by atoms with Gasteiger partial charge in [0.05, 0.1) is 11.4 Å². The zero-order valence-electron chi connectivity index (χ0n) is 24.6. The number of amides is 2. The van der Waals surface area contributed by atoms with Crippen molar-refractivity contribution in [2.75, 3.05) is 21.3 Å². The van der Waals surface area contributed by atoms with Gasteiger partial charge < -0.3 is 21.3 Å². The van der Waals surface area contributed by atoms with Crippen LogP contribution in [-0.2, 0) is 23.7 Å². The van der Waals surface area contributed by atoms with Crippen LogP contribution in [0, 0.1) is 0 Å². The number of carbonyl (C=O) groups is 2. The lowest BCUT2D eigenvalue weighted by Gasteiger charge is -2.07. The van der Waals surface area contributed by atoms with Crippen LogP contribution in [0.3, 0.4) is 0 Å². The molecule has 0 aliphatic carbocycles. The summed E-state index contributed by atoms with van der Waals surface area (Å²) in [5.41, 5.74) is 6.99. The van der Waals surface area contributed by atoms with E-state index in [1.54, 1.807) is 12.2 Å². The van der Waals surface area contributed by atoms with E-state index in [0.717, 1.165) is 33.9 Å². The van der Waals surface area contributed by atoms with Crippen LogP contribution in [0.2, 0.25) is 0 Å². The van der Waals surface area contributed by atoms with Crippen LogP contribution in [0.5, 0.6) is 0 Å². The molecule has 3 aromatic carbocycles. The predicted octanol–water partition coefficient (Wildman–Crippen LogP) is 6.13. The molecule has 0 spiro atoms. The van der Waals surface area contributed by atoms with Crippen LogP contribution in [0.15, 0.2) is 134 Å². The molecule has 0 aliphatic heterocycles. The van der Waals surface area contributed by atoms with Crippen molar-refractivity contribution >= 4 is 58.1 Å². The third kappa shape index (κ3) is 8.99. The molecule has 2 heterocycles. The third-order valence-corrected chi connectivity index (χ3v) is 6.63. The number of pyridine rings is 2. The summed E-state index contributed by atoms with van der Waals surface area (Å²) in [7, 11) is 3.94. The summed E-state index contributed by atoms with van der Waals surface area (Å²) in [6.07, 6.45) is 14.4. The van der Waals surface area contributed by atoms with Gasteiger partial charge in [-0.25, -0.2) is 9.13 Å². The molecule has 0 bridgehead atoms. The lowest BCUT2D eigenvalue weighted by Crippen LogP contribution is -2.25. The smallest absolute Gasteiger partial charge is 0.248 e. The van der Waals surface area contributed by atoms with Gasteiger partial charge in [0.15, 0.2) is 24.8 Å². The van der Waals surface area contributed by atoms with Gasteiger partial charge in [0.25, 0.3) is 0 Å². The highest BCUT2D eigenvalue weighted by molar-refractivity contribution is 6.02. The molecule has 0 saturated carbocycles. The van der Waals surface area contributed by atoms with Crippen molar-refractivity contribution in [3.63, 3.8) is 0 Å². The Labute approximate surface area is 257 Å². The van der Waals surface area contributed by atoms with Crippen molar-refractivity contribution in [1.29, 1.82) is 0 Å². The van der Waals surface area contributed by atoms with Crippen LogP contribution >= 0.6 is 0 Å². The van der Waals surface area contributed by atoms with Crippen LogP contribution < -0.4 is 30.4 Å². The molecule has 2 aromatic heterocycles. The van der Waals surface area contributed by atoms with Gasteiger partial charge in [-0.3, -0.25) is 9.59 Å². The number of nitrogens with one attached hydrogen (secondary N) is 4. The molecule has 0 atom stereocenters. The fraction of sp³-hybridized carbons (Fsp3) is 0.0556. The molecule has 8 nitrogen and oxygen atoms in total. The minimum Gasteiger partial charge on any atom is -0.355 e.